The predicted molar refractivity (Wildman–Crippen MR) is 123 cm³/mol. The predicted octanol–water partition coefficient (Wildman–Crippen LogP) is 6.43. The van der Waals surface area contributed by atoms with Crippen molar-refractivity contribution in [3.63, 3.8) is 0 Å². The average Bonchev–Trinajstić information content (AvgIpc) is 2.82. The fraction of sp³-hybridized carbons (Fsp3) is 0. The first-order valence-corrected chi connectivity index (χ1v) is 9.95. The molecule has 2 nitrogen and oxygen atoms in total. The number of fused-ring (bicyclic) bond motifs is 3. The van der Waals surface area contributed by atoms with Crippen molar-refractivity contribution in [2.24, 2.45) is 4.99 Å². The van der Waals surface area contributed by atoms with Gasteiger partial charge >= 0.3 is 0 Å². The molecule has 0 aliphatic heterocycles. The molecule has 142 valence electrons. The van der Waals surface area contributed by atoms with Gasteiger partial charge in [0.1, 0.15) is 5.71 Å². The van der Waals surface area contributed by atoms with Crippen LogP contribution in [0.4, 0.5) is 0 Å². The molecule has 0 fully saturated rings. The molecule has 1 aliphatic rings. The summed E-state index contributed by atoms with van der Waals surface area (Å²) in [5.41, 5.74) is 7.16. The molecule has 2 heteroatoms. The Bertz CT molecular complexity index is 1240. The summed E-state index contributed by atoms with van der Waals surface area (Å²) in [7, 11) is 0. The van der Waals surface area contributed by atoms with Crippen molar-refractivity contribution in [1.29, 1.82) is 0 Å². The van der Waals surface area contributed by atoms with E-state index >= 15 is 0 Å². The zero-order valence-corrected chi connectivity index (χ0v) is 16.3. The molecule has 0 bridgehead atoms. The molecule has 0 unspecified atom stereocenters. The monoisotopic (exact) mass is 385 g/mol. The Balaban J connectivity index is 1.70. The molecule has 30 heavy (non-hydrogen) atoms. The Kier molecular flexibility index (Phi) is 4.66. The van der Waals surface area contributed by atoms with Crippen molar-refractivity contribution >= 4 is 17.1 Å². The van der Waals surface area contributed by atoms with E-state index in [0.717, 1.165) is 33.4 Å². The SMILES string of the molecule is O=C1C(=NC=C(c2ccccc2)c2ccccc2)c2ccccc2-c2ccccc21. The van der Waals surface area contributed by atoms with Crippen molar-refractivity contribution in [3.05, 3.63) is 138 Å². The third kappa shape index (κ3) is 3.19. The summed E-state index contributed by atoms with van der Waals surface area (Å²) in [5.74, 6) is -0.0407. The van der Waals surface area contributed by atoms with Crippen LogP contribution in [0.1, 0.15) is 27.0 Å². The number of benzene rings is 4. The lowest BCUT2D eigenvalue weighted by Gasteiger charge is -2.20. The zero-order chi connectivity index (χ0) is 20.3. The molecule has 4 aromatic carbocycles. The number of rotatable bonds is 3. The molecule has 4 aromatic rings. The number of nitrogens with zero attached hydrogens (tertiary/aromatic N) is 1. The van der Waals surface area contributed by atoms with Crippen LogP contribution in [0.5, 0.6) is 0 Å². The molecule has 1 aliphatic carbocycles. The highest BCUT2D eigenvalue weighted by Crippen LogP contribution is 2.34. The second-order valence-corrected chi connectivity index (χ2v) is 7.17. The second kappa shape index (κ2) is 7.76. The molecule has 0 N–H and O–H groups in total. The summed E-state index contributed by atoms with van der Waals surface area (Å²) < 4.78 is 0. The number of ketones is 1. The topological polar surface area (TPSA) is 29.4 Å². The van der Waals surface area contributed by atoms with Crippen LogP contribution in [-0.2, 0) is 0 Å². The highest BCUT2D eigenvalue weighted by molar-refractivity contribution is 6.55. The molecule has 0 amide bonds. The number of carbonyl (C=O) groups excluding carboxylic acids is 1. The van der Waals surface area contributed by atoms with Crippen molar-refractivity contribution in [2.75, 3.05) is 0 Å². The summed E-state index contributed by atoms with van der Waals surface area (Å²) in [6, 6.07) is 36.0. The third-order valence-corrected chi connectivity index (χ3v) is 5.35. The van der Waals surface area contributed by atoms with Gasteiger partial charge < -0.3 is 0 Å². The fourth-order valence-electron chi connectivity index (χ4n) is 3.90. The molecule has 0 radical (unpaired) electrons. The minimum atomic E-state index is -0.0407. The lowest BCUT2D eigenvalue weighted by molar-refractivity contribution is 0.106. The second-order valence-electron chi connectivity index (χ2n) is 7.17. The van der Waals surface area contributed by atoms with E-state index in [4.69, 9.17) is 4.99 Å². The van der Waals surface area contributed by atoms with Gasteiger partial charge in [0.15, 0.2) is 0 Å². The van der Waals surface area contributed by atoms with Gasteiger partial charge in [-0.25, -0.2) is 0 Å². The maximum absolute atomic E-state index is 13.3. The number of hydrogen-bond donors (Lipinski definition) is 0. The molecule has 5 rings (SSSR count). The van der Waals surface area contributed by atoms with Gasteiger partial charge in [0, 0.05) is 22.9 Å². The van der Waals surface area contributed by atoms with E-state index in [1.165, 1.54) is 0 Å². The Hall–Kier alpha value is -4.04. The maximum atomic E-state index is 13.3. The van der Waals surface area contributed by atoms with Crippen LogP contribution in [0.3, 0.4) is 0 Å². The first-order chi connectivity index (χ1) is 14.8. The van der Waals surface area contributed by atoms with Crippen molar-refractivity contribution in [1.82, 2.24) is 0 Å². The Labute approximate surface area is 175 Å². The molecule has 0 atom stereocenters. The summed E-state index contributed by atoms with van der Waals surface area (Å²) in [5, 5.41) is 0. The van der Waals surface area contributed by atoms with Gasteiger partial charge in [-0.3, -0.25) is 9.79 Å². The van der Waals surface area contributed by atoms with E-state index in [1.807, 2.05) is 85.1 Å². The first-order valence-electron chi connectivity index (χ1n) is 9.95. The van der Waals surface area contributed by atoms with Gasteiger partial charge in [-0.05, 0) is 22.3 Å². The van der Waals surface area contributed by atoms with Gasteiger partial charge in [0.05, 0.1) is 0 Å². The van der Waals surface area contributed by atoms with Crippen LogP contribution in [0.2, 0.25) is 0 Å². The van der Waals surface area contributed by atoms with Crippen LogP contribution >= 0.6 is 0 Å². The van der Waals surface area contributed by atoms with E-state index in [-0.39, 0.29) is 5.78 Å². The quantitative estimate of drug-likeness (QED) is 0.400. The van der Waals surface area contributed by atoms with E-state index in [2.05, 4.69) is 30.3 Å². The van der Waals surface area contributed by atoms with Crippen LogP contribution < -0.4 is 0 Å². The summed E-state index contributed by atoms with van der Waals surface area (Å²) in [4.78, 5) is 18.1. The largest absolute Gasteiger partial charge is 0.287 e. The smallest absolute Gasteiger partial charge is 0.212 e. The fourth-order valence-corrected chi connectivity index (χ4v) is 3.90. The molecule has 0 aromatic heterocycles. The maximum Gasteiger partial charge on any atom is 0.212 e. The van der Waals surface area contributed by atoms with Crippen molar-refractivity contribution in [3.8, 4) is 11.1 Å². The summed E-state index contributed by atoms with van der Waals surface area (Å²) in [6.07, 6.45) is 1.82. The van der Waals surface area contributed by atoms with Crippen molar-refractivity contribution < 1.29 is 4.79 Å². The highest BCUT2D eigenvalue weighted by Gasteiger charge is 2.27. The van der Waals surface area contributed by atoms with Crippen LogP contribution in [0.15, 0.2) is 120 Å². The zero-order valence-electron chi connectivity index (χ0n) is 16.3. The van der Waals surface area contributed by atoms with Gasteiger partial charge in [-0.1, -0.05) is 109 Å². The highest BCUT2D eigenvalue weighted by atomic mass is 16.1. The summed E-state index contributed by atoms with van der Waals surface area (Å²) >= 11 is 0. The van der Waals surface area contributed by atoms with Gasteiger partial charge in [-0.15, -0.1) is 0 Å². The number of hydrogen-bond acceptors (Lipinski definition) is 2. The van der Waals surface area contributed by atoms with Crippen LogP contribution in [0, 0.1) is 0 Å². The minimum absolute atomic E-state index is 0.0407. The van der Waals surface area contributed by atoms with Gasteiger partial charge in [-0.2, -0.15) is 0 Å². The Morgan fingerprint density at radius 3 is 1.53 bits per heavy atom. The lowest BCUT2D eigenvalue weighted by Crippen LogP contribution is -2.22. The van der Waals surface area contributed by atoms with Crippen LogP contribution in [0.25, 0.3) is 16.7 Å². The Morgan fingerprint density at radius 1 is 0.533 bits per heavy atom. The Morgan fingerprint density at radius 2 is 0.967 bits per heavy atom. The summed E-state index contributed by atoms with van der Waals surface area (Å²) in [6.45, 7) is 0. The molecule has 0 spiro atoms. The minimum Gasteiger partial charge on any atom is -0.287 e. The third-order valence-electron chi connectivity index (χ3n) is 5.35. The molecule has 0 saturated carbocycles. The van der Waals surface area contributed by atoms with E-state index in [1.54, 1.807) is 0 Å². The average molecular weight is 385 g/mol. The van der Waals surface area contributed by atoms with Crippen LogP contribution in [-0.4, -0.2) is 11.5 Å². The normalized spacial score (nSPS) is 13.5. The molecular weight excluding hydrogens is 366 g/mol. The molecule has 0 heterocycles. The number of aliphatic imine (C=N–C) groups is 1. The molecular formula is C28H19NO. The molecule has 0 saturated heterocycles. The van der Waals surface area contributed by atoms with Gasteiger partial charge in [0.2, 0.25) is 5.78 Å². The van der Waals surface area contributed by atoms with E-state index in [9.17, 15) is 4.79 Å². The van der Waals surface area contributed by atoms with E-state index < -0.39 is 0 Å². The van der Waals surface area contributed by atoms with Crippen molar-refractivity contribution in [2.45, 2.75) is 0 Å². The number of carbonyl (C=O) groups is 1. The standard InChI is InChI=1S/C28H19NO/c30-28-25-18-10-8-16-23(25)22-15-7-9-17-24(22)27(28)29-19-26(20-11-3-1-4-12-20)21-13-5-2-6-14-21/h1-19H. The number of Topliss-reactive ketones (excluding diaryl/α,β-unsaturated/α-hetero) is 1. The lowest BCUT2D eigenvalue weighted by atomic mass is 9.83. The van der Waals surface area contributed by atoms with Gasteiger partial charge in [0.25, 0.3) is 0 Å². The van der Waals surface area contributed by atoms with E-state index in [0.29, 0.717) is 11.3 Å². The first kappa shape index (κ1) is 18.0.